The summed E-state index contributed by atoms with van der Waals surface area (Å²) in [6, 6.07) is 61.7. The molecule has 0 radical (unpaired) electrons. The highest BCUT2D eigenvalue weighted by atomic mass is 32.2. The van der Waals surface area contributed by atoms with Crippen LogP contribution in [-0.4, -0.2) is 74.6 Å². The summed E-state index contributed by atoms with van der Waals surface area (Å²) < 4.78 is 16.1. The summed E-state index contributed by atoms with van der Waals surface area (Å²) >= 11 is 2.63. The SMILES string of the molecule is CC(C)CCOC(=O)OC(C)OC(=O)C1=C(/C=C\c2cccnc2)CS[C@@H]2[C@H](NC(=O)C(=NOC(c3ccccc3)(c3ccccc3)c3ccccc3)c3csc(NC(c4ccccc4)(c4ccccc4)c4ccccc4)n3)C(=O)N12. The van der Waals surface area contributed by atoms with Gasteiger partial charge in [0, 0.05) is 47.1 Å². The van der Waals surface area contributed by atoms with Crippen molar-refractivity contribution in [2.75, 3.05) is 17.7 Å². The van der Waals surface area contributed by atoms with Gasteiger partial charge in [0.15, 0.2) is 10.8 Å². The number of esters is 1. The summed E-state index contributed by atoms with van der Waals surface area (Å²) in [7, 11) is 0. The van der Waals surface area contributed by atoms with E-state index in [-0.39, 0.29) is 35.4 Å². The van der Waals surface area contributed by atoms with Gasteiger partial charge in [0.05, 0.1) is 6.61 Å². The van der Waals surface area contributed by atoms with Gasteiger partial charge in [-0.1, -0.05) is 219 Å². The molecule has 1 unspecified atom stereocenters. The molecular weight excluding hydrogens is 1060 g/mol. The quantitative estimate of drug-likeness (QED) is 0.0175. The Morgan fingerprint density at radius 1 is 0.704 bits per heavy atom. The zero-order valence-electron chi connectivity index (χ0n) is 44.7. The second kappa shape index (κ2) is 25.3. The minimum Gasteiger partial charge on any atom is -0.434 e. The summed E-state index contributed by atoms with van der Waals surface area (Å²) in [5.41, 5.74) is 3.76. The fraction of sp³-hybridized carbons (Fsp3) is 0.185. The van der Waals surface area contributed by atoms with Gasteiger partial charge in [-0.2, -0.15) is 0 Å². The number of allylic oxidation sites excluding steroid dienone is 1. The number of carbonyl (C=O) groups is 4. The summed E-state index contributed by atoms with van der Waals surface area (Å²) in [6.07, 6.45) is 5.05. The largest absolute Gasteiger partial charge is 0.511 e. The molecule has 2 aliphatic heterocycles. The van der Waals surface area contributed by atoms with Crippen molar-refractivity contribution in [2.45, 2.75) is 56.0 Å². The Hall–Kier alpha value is -9.12. The highest BCUT2D eigenvalue weighted by Gasteiger charge is 2.55. The van der Waals surface area contributed by atoms with Crippen molar-refractivity contribution in [2.24, 2.45) is 11.1 Å². The molecule has 14 nitrogen and oxygen atoms in total. The fourth-order valence-corrected chi connectivity index (χ4v) is 11.9. The predicted molar refractivity (Wildman–Crippen MR) is 315 cm³/mol. The molecule has 2 N–H and O–H groups in total. The first-order valence-corrected chi connectivity index (χ1v) is 28.4. The smallest absolute Gasteiger partial charge is 0.434 e. The van der Waals surface area contributed by atoms with E-state index in [1.54, 1.807) is 36.0 Å². The van der Waals surface area contributed by atoms with Crippen LogP contribution in [0.25, 0.3) is 6.08 Å². The number of nitrogens with one attached hydrogen (secondary N) is 2. The van der Waals surface area contributed by atoms with Crippen molar-refractivity contribution in [3.05, 3.63) is 274 Å². The lowest BCUT2D eigenvalue weighted by atomic mass is 9.77. The summed E-state index contributed by atoms with van der Waals surface area (Å²) in [4.78, 5) is 74.6. The standard InChI is InChI=1S/C65H58N6O8S2/c1-44(2)38-40-76-63(75)78-45(3)77-61(74)57-47(37-36-46-23-22-39-66-41-46)42-80-60-56(59(73)71(57)60)68-58(72)55(70-79-65(51-30-16-7-17-31-51,52-32-18-8-19-33-52)53-34-20-9-21-35-53)54-43-81-62(67-54)69-64(48-24-10-4-11-25-48,49-26-12-5-13-27-49)50-28-14-6-15-29-50/h4-37,39,41,43-45,56,60H,38,40,42H2,1-3H3,(H,67,69)(H,68,72)/b37-36-,70-55?/t45?,56-,60-/m1/s1. The highest BCUT2D eigenvalue weighted by molar-refractivity contribution is 8.00. The Labute approximate surface area is 478 Å². The van der Waals surface area contributed by atoms with Crippen molar-refractivity contribution in [1.82, 2.24) is 20.2 Å². The molecule has 0 spiro atoms. The molecule has 2 amide bonds. The minimum absolute atomic E-state index is 0.0671. The molecule has 8 aromatic rings. The zero-order valence-corrected chi connectivity index (χ0v) is 46.3. The van der Waals surface area contributed by atoms with Crippen LogP contribution in [0.4, 0.5) is 9.93 Å². The normalized spacial score (nSPS) is 15.8. The molecule has 2 aliphatic rings. The van der Waals surface area contributed by atoms with Crippen LogP contribution >= 0.6 is 23.1 Å². The predicted octanol–water partition coefficient (Wildman–Crippen LogP) is 12.1. The lowest BCUT2D eigenvalue weighted by Gasteiger charge is -2.49. The molecule has 408 valence electrons. The Bertz CT molecular complexity index is 3340. The number of pyridine rings is 1. The van der Waals surface area contributed by atoms with Gasteiger partial charge in [-0.3, -0.25) is 19.5 Å². The lowest BCUT2D eigenvalue weighted by molar-refractivity contribution is -0.169. The number of thioether (sulfide) groups is 1. The Morgan fingerprint density at radius 3 is 1.74 bits per heavy atom. The second-order valence-corrected chi connectivity index (χ2v) is 21.5. The van der Waals surface area contributed by atoms with Crippen molar-refractivity contribution in [3.63, 3.8) is 0 Å². The third-order valence-electron chi connectivity index (χ3n) is 13.8. The lowest BCUT2D eigenvalue weighted by Crippen LogP contribution is -2.71. The zero-order chi connectivity index (χ0) is 56.2. The van der Waals surface area contributed by atoms with Gasteiger partial charge in [-0.05, 0) is 46.2 Å². The van der Waals surface area contributed by atoms with Gasteiger partial charge < -0.3 is 29.7 Å². The molecular formula is C65H58N6O8S2. The third-order valence-corrected chi connectivity index (χ3v) is 15.8. The van der Waals surface area contributed by atoms with E-state index in [1.165, 1.54) is 34.9 Å². The van der Waals surface area contributed by atoms with Gasteiger partial charge in [0.25, 0.3) is 11.8 Å². The molecule has 10 rings (SSSR count). The van der Waals surface area contributed by atoms with Gasteiger partial charge in [-0.15, -0.1) is 23.1 Å². The summed E-state index contributed by atoms with van der Waals surface area (Å²) in [6.45, 7) is 5.51. The van der Waals surface area contributed by atoms with E-state index in [9.17, 15) is 14.4 Å². The molecule has 81 heavy (non-hydrogen) atoms. The van der Waals surface area contributed by atoms with Crippen LogP contribution < -0.4 is 10.6 Å². The summed E-state index contributed by atoms with van der Waals surface area (Å²) in [5.74, 6) is -1.74. The number of oxime groups is 1. The average Bonchev–Trinajstić information content (AvgIpc) is 3.86. The maximum absolute atomic E-state index is 15.4. The molecule has 1 saturated heterocycles. The van der Waals surface area contributed by atoms with E-state index >= 15 is 4.79 Å². The Kier molecular flexibility index (Phi) is 17.3. The van der Waals surface area contributed by atoms with Crippen LogP contribution in [0.1, 0.15) is 71.8 Å². The number of rotatable bonds is 21. The molecule has 0 saturated carbocycles. The number of nitrogens with zero attached hydrogens (tertiary/aromatic N) is 4. The van der Waals surface area contributed by atoms with Crippen LogP contribution in [0.3, 0.4) is 0 Å². The van der Waals surface area contributed by atoms with E-state index in [1.807, 2.05) is 166 Å². The summed E-state index contributed by atoms with van der Waals surface area (Å²) in [5, 5.41) is 13.1. The maximum atomic E-state index is 15.4. The second-order valence-electron chi connectivity index (χ2n) is 19.5. The molecule has 0 aliphatic carbocycles. The first-order valence-electron chi connectivity index (χ1n) is 26.5. The molecule has 2 aromatic heterocycles. The monoisotopic (exact) mass is 1110 g/mol. The van der Waals surface area contributed by atoms with E-state index in [4.69, 9.17) is 29.2 Å². The number of carbonyl (C=O) groups excluding carboxylic acids is 4. The number of hydrogen-bond acceptors (Lipinski definition) is 14. The number of aromatic nitrogens is 2. The maximum Gasteiger partial charge on any atom is 0.511 e. The fourth-order valence-electron chi connectivity index (χ4n) is 9.80. The number of benzene rings is 6. The first kappa shape index (κ1) is 55.2. The van der Waals surface area contributed by atoms with E-state index in [0.29, 0.717) is 17.1 Å². The van der Waals surface area contributed by atoms with Gasteiger partial charge >= 0.3 is 12.1 Å². The van der Waals surface area contributed by atoms with Crippen LogP contribution in [0.15, 0.2) is 234 Å². The van der Waals surface area contributed by atoms with Crippen LogP contribution in [0, 0.1) is 5.92 Å². The number of fused-ring (bicyclic) bond motifs is 1. The van der Waals surface area contributed by atoms with Crippen molar-refractivity contribution >= 4 is 64.0 Å². The van der Waals surface area contributed by atoms with E-state index in [0.717, 1.165) is 38.9 Å². The van der Waals surface area contributed by atoms with E-state index in [2.05, 4.69) is 52.0 Å². The molecule has 6 aromatic carbocycles. The van der Waals surface area contributed by atoms with Crippen LogP contribution in [0.2, 0.25) is 0 Å². The van der Waals surface area contributed by atoms with Crippen molar-refractivity contribution < 1.29 is 38.2 Å². The number of anilines is 1. The molecule has 4 heterocycles. The average molecular weight is 1120 g/mol. The molecule has 3 atom stereocenters. The number of β-lactam (4-membered cyclic amide) rings is 1. The Morgan fingerprint density at radius 2 is 1.23 bits per heavy atom. The minimum atomic E-state index is -1.40. The van der Waals surface area contributed by atoms with Crippen molar-refractivity contribution in [3.8, 4) is 0 Å². The van der Waals surface area contributed by atoms with Crippen LogP contribution in [-0.2, 0) is 44.6 Å². The Balaban J connectivity index is 1.03. The first-order chi connectivity index (χ1) is 39.5. The number of thiazole rings is 1. The third kappa shape index (κ3) is 12.1. The van der Waals surface area contributed by atoms with Crippen LogP contribution in [0.5, 0.6) is 0 Å². The number of hydrogen-bond donors (Lipinski definition) is 2. The number of ether oxygens (including phenoxy) is 3. The molecule has 1 fully saturated rings. The number of amides is 2. The van der Waals surface area contributed by atoms with E-state index < -0.39 is 52.8 Å². The van der Waals surface area contributed by atoms with Gasteiger partial charge in [0.2, 0.25) is 11.9 Å². The molecule has 16 heteroatoms. The van der Waals surface area contributed by atoms with Gasteiger partial charge in [-0.25, -0.2) is 14.6 Å². The molecule has 0 bridgehead atoms. The van der Waals surface area contributed by atoms with Gasteiger partial charge in [0.1, 0.15) is 28.3 Å². The topological polar surface area (TPSA) is 171 Å². The van der Waals surface area contributed by atoms with Crippen molar-refractivity contribution in [1.29, 1.82) is 0 Å². The highest BCUT2D eigenvalue weighted by Crippen LogP contribution is 2.44.